The number of carbonyl (C=O) groups excluding carboxylic acids is 1. The number of thioether (sulfide) groups is 2. The Labute approximate surface area is 172 Å². The van der Waals surface area contributed by atoms with Gasteiger partial charge in [-0.05, 0) is 30.0 Å². The van der Waals surface area contributed by atoms with E-state index in [9.17, 15) is 4.79 Å². The SMILES string of the molecule is CCCSc1nnc(SCC(=O)Nc2ccccc2Cc2ccccc2)s1. The van der Waals surface area contributed by atoms with Gasteiger partial charge in [-0.25, -0.2) is 0 Å². The summed E-state index contributed by atoms with van der Waals surface area (Å²) in [5.41, 5.74) is 3.19. The molecule has 0 atom stereocenters. The molecule has 3 rings (SSSR count). The van der Waals surface area contributed by atoms with Crippen molar-refractivity contribution in [1.82, 2.24) is 10.2 Å². The summed E-state index contributed by atoms with van der Waals surface area (Å²) in [6.07, 6.45) is 1.90. The minimum absolute atomic E-state index is 0.0292. The molecule has 0 saturated carbocycles. The van der Waals surface area contributed by atoms with Crippen molar-refractivity contribution >= 4 is 46.5 Å². The number of amides is 1. The molecule has 0 spiro atoms. The van der Waals surface area contributed by atoms with Gasteiger partial charge in [0.1, 0.15) is 0 Å². The third-order valence-electron chi connectivity index (χ3n) is 3.67. The molecule has 0 aliphatic heterocycles. The van der Waals surface area contributed by atoms with E-state index in [-0.39, 0.29) is 5.91 Å². The molecule has 1 heterocycles. The summed E-state index contributed by atoms with van der Waals surface area (Å²) < 4.78 is 1.80. The Hall–Kier alpha value is -1.83. The molecule has 2 aromatic carbocycles. The number of carbonyl (C=O) groups is 1. The van der Waals surface area contributed by atoms with Gasteiger partial charge in [-0.1, -0.05) is 90.3 Å². The van der Waals surface area contributed by atoms with Crippen LogP contribution in [-0.2, 0) is 11.2 Å². The predicted octanol–water partition coefficient (Wildman–Crippen LogP) is 5.36. The van der Waals surface area contributed by atoms with Crippen molar-refractivity contribution in [2.24, 2.45) is 0 Å². The maximum Gasteiger partial charge on any atom is 0.234 e. The summed E-state index contributed by atoms with van der Waals surface area (Å²) >= 11 is 4.69. The second-order valence-electron chi connectivity index (χ2n) is 5.84. The fourth-order valence-electron chi connectivity index (χ4n) is 2.43. The molecule has 0 bridgehead atoms. The Kier molecular flexibility index (Phi) is 7.74. The number of anilines is 1. The van der Waals surface area contributed by atoms with Crippen molar-refractivity contribution in [1.29, 1.82) is 0 Å². The zero-order valence-electron chi connectivity index (χ0n) is 15.1. The van der Waals surface area contributed by atoms with Gasteiger partial charge in [-0.3, -0.25) is 4.79 Å². The van der Waals surface area contributed by atoms with Crippen molar-refractivity contribution in [3.63, 3.8) is 0 Å². The quantitative estimate of drug-likeness (QED) is 0.477. The van der Waals surface area contributed by atoms with Gasteiger partial charge in [0.05, 0.1) is 5.75 Å². The smallest absolute Gasteiger partial charge is 0.234 e. The minimum Gasteiger partial charge on any atom is -0.325 e. The van der Waals surface area contributed by atoms with Crippen molar-refractivity contribution < 1.29 is 4.79 Å². The molecule has 1 N–H and O–H groups in total. The first kappa shape index (κ1) is 19.9. The van der Waals surface area contributed by atoms with Crippen LogP contribution in [0, 0.1) is 0 Å². The van der Waals surface area contributed by atoms with Crippen LogP contribution < -0.4 is 5.32 Å². The van der Waals surface area contributed by atoms with Crippen LogP contribution in [-0.4, -0.2) is 27.6 Å². The molecule has 1 amide bonds. The first-order valence-electron chi connectivity index (χ1n) is 8.75. The van der Waals surface area contributed by atoms with E-state index < -0.39 is 0 Å². The Bertz CT molecular complexity index is 868. The fourth-order valence-corrected chi connectivity index (χ4v) is 5.17. The van der Waals surface area contributed by atoms with Gasteiger partial charge in [0.2, 0.25) is 5.91 Å². The van der Waals surface area contributed by atoms with Crippen LogP contribution in [0.1, 0.15) is 24.5 Å². The molecule has 0 aliphatic carbocycles. The van der Waals surface area contributed by atoms with E-state index in [0.29, 0.717) is 5.75 Å². The maximum absolute atomic E-state index is 12.4. The van der Waals surface area contributed by atoms with Crippen LogP contribution in [0.15, 0.2) is 63.3 Å². The molecule has 140 valence electrons. The Morgan fingerprint density at radius 3 is 2.48 bits per heavy atom. The highest BCUT2D eigenvalue weighted by Crippen LogP contribution is 2.29. The van der Waals surface area contributed by atoms with Gasteiger partial charge in [-0.15, -0.1) is 10.2 Å². The van der Waals surface area contributed by atoms with Gasteiger partial charge >= 0.3 is 0 Å². The maximum atomic E-state index is 12.4. The van der Waals surface area contributed by atoms with E-state index in [1.807, 2.05) is 36.4 Å². The second-order valence-corrected chi connectivity index (χ2v) is 9.38. The number of nitrogens with zero attached hydrogens (tertiary/aromatic N) is 2. The van der Waals surface area contributed by atoms with Gasteiger partial charge in [0.25, 0.3) is 0 Å². The van der Waals surface area contributed by atoms with Crippen molar-refractivity contribution in [2.45, 2.75) is 28.4 Å². The lowest BCUT2D eigenvalue weighted by Crippen LogP contribution is -2.15. The van der Waals surface area contributed by atoms with Crippen molar-refractivity contribution in [3.8, 4) is 0 Å². The molecule has 0 aliphatic rings. The molecule has 3 aromatic rings. The van der Waals surface area contributed by atoms with Crippen LogP contribution >= 0.6 is 34.9 Å². The molecule has 0 radical (unpaired) electrons. The Morgan fingerprint density at radius 1 is 1.00 bits per heavy atom. The third kappa shape index (κ3) is 6.37. The number of hydrogen-bond acceptors (Lipinski definition) is 6. The summed E-state index contributed by atoms with van der Waals surface area (Å²) in [5.74, 6) is 1.34. The van der Waals surface area contributed by atoms with Crippen LogP contribution in [0.3, 0.4) is 0 Å². The van der Waals surface area contributed by atoms with E-state index in [1.54, 1.807) is 23.1 Å². The number of aromatic nitrogens is 2. The Morgan fingerprint density at radius 2 is 1.70 bits per heavy atom. The standard InChI is InChI=1S/C20H21N3OS3/c1-2-12-25-19-22-23-20(27-19)26-14-18(24)21-17-11-7-6-10-16(17)13-15-8-4-3-5-9-15/h3-11H,2,12-14H2,1H3,(H,21,24). The van der Waals surface area contributed by atoms with Gasteiger partial charge in [-0.2, -0.15) is 0 Å². The average Bonchev–Trinajstić information content (AvgIpc) is 3.15. The highest BCUT2D eigenvalue weighted by Gasteiger charge is 2.10. The molecule has 7 heteroatoms. The number of benzene rings is 2. The lowest BCUT2D eigenvalue weighted by molar-refractivity contribution is -0.113. The first-order valence-corrected chi connectivity index (χ1v) is 11.5. The van der Waals surface area contributed by atoms with Crippen LogP contribution in [0.2, 0.25) is 0 Å². The third-order valence-corrected chi connectivity index (χ3v) is 7.07. The van der Waals surface area contributed by atoms with E-state index in [0.717, 1.165) is 38.5 Å². The largest absolute Gasteiger partial charge is 0.325 e. The molecular weight excluding hydrogens is 394 g/mol. The van der Waals surface area contributed by atoms with E-state index in [1.165, 1.54) is 17.3 Å². The lowest BCUT2D eigenvalue weighted by atomic mass is 10.0. The molecule has 4 nitrogen and oxygen atoms in total. The average molecular weight is 416 g/mol. The summed E-state index contributed by atoms with van der Waals surface area (Å²) in [6.45, 7) is 2.14. The Balaban J connectivity index is 1.55. The van der Waals surface area contributed by atoms with E-state index in [4.69, 9.17) is 0 Å². The number of rotatable bonds is 9. The van der Waals surface area contributed by atoms with Crippen LogP contribution in [0.5, 0.6) is 0 Å². The molecule has 27 heavy (non-hydrogen) atoms. The number of para-hydroxylation sites is 1. The van der Waals surface area contributed by atoms with Gasteiger partial charge in [0, 0.05) is 11.4 Å². The van der Waals surface area contributed by atoms with E-state index in [2.05, 4.69) is 40.6 Å². The minimum atomic E-state index is -0.0292. The molecule has 0 fully saturated rings. The van der Waals surface area contributed by atoms with Crippen LogP contribution in [0.25, 0.3) is 0 Å². The highest BCUT2D eigenvalue weighted by atomic mass is 32.2. The topological polar surface area (TPSA) is 54.9 Å². The fraction of sp³-hybridized carbons (Fsp3) is 0.250. The molecular formula is C20H21N3OS3. The normalized spacial score (nSPS) is 10.7. The molecule has 0 unspecified atom stereocenters. The zero-order valence-corrected chi connectivity index (χ0v) is 17.5. The first-order chi connectivity index (χ1) is 13.2. The van der Waals surface area contributed by atoms with Gasteiger partial charge in [0.15, 0.2) is 8.68 Å². The monoisotopic (exact) mass is 415 g/mol. The number of nitrogens with one attached hydrogen (secondary N) is 1. The van der Waals surface area contributed by atoms with Crippen molar-refractivity contribution in [3.05, 3.63) is 65.7 Å². The summed E-state index contributed by atoms with van der Waals surface area (Å²) in [6, 6.07) is 18.2. The van der Waals surface area contributed by atoms with Crippen molar-refractivity contribution in [2.75, 3.05) is 16.8 Å². The summed E-state index contributed by atoms with van der Waals surface area (Å²) in [5, 5.41) is 11.3. The summed E-state index contributed by atoms with van der Waals surface area (Å²) in [7, 11) is 0. The molecule has 0 saturated heterocycles. The summed E-state index contributed by atoms with van der Waals surface area (Å²) in [4.78, 5) is 12.4. The van der Waals surface area contributed by atoms with E-state index >= 15 is 0 Å². The lowest BCUT2D eigenvalue weighted by Gasteiger charge is -2.11. The molecule has 1 aromatic heterocycles. The number of hydrogen-bond donors (Lipinski definition) is 1. The highest BCUT2D eigenvalue weighted by molar-refractivity contribution is 8.03. The predicted molar refractivity (Wildman–Crippen MR) is 116 cm³/mol. The van der Waals surface area contributed by atoms with Crippen LogP contribution in [0.4, 0.5) is 5.69 Å². The van der Waals surface area contributed by atoms with Gasteiger partial charge < -0.3 is 5.32 Å². The zero-order chi connectivity index (χ0) is 18.9. The second kappa shape index (κ2) is 10.5.